The molecular weight excluding hydrogens is 955 g/mol. The molecule has 0 aromatic heterocycles. The van der Waals surface area contributed by atoms with Crippen LogP contribution in [0.1, 0.15) is 290 Å². The molecule has 8 atom stereocenters. The molecule has 0 spiro atoms. The molecule has 76 heavy (non-hydrogen) atoms. The van der Waals surface area contributed by atoms with Crippen LogP contribution in [0.3, 0.4) is 0 Å². The summed E-state index contributed by atoms with van der Waals surface area (Å²) in [5.74, 6) is -1.20. The second kappa shape index (κ2) is 53.3. The first-order valence-corrected chi connectivity index (χ1v) is 31.9. The zero-order valence-electron chi connectivity index (χ0n) is 49.1. The molecule has 1 fully saturated rings. The summed E-state index contributed by atoms with van der Waals surface area (Å²) in [5, 5.41) is 57.0. The average Bonchev–Trinajstić information content (AvgIpc) is 3.42. The number of nitrogens with one attached hydrogen (secondary N) is 1. The number of hydrogen-bond acceptors (Lipinski definition) is 10. The summed E-state index contributed by atoms with van der Waals surface area (Å²) in [5.41, 5.74) is 0. The smallest absolute Gasteiger partial charge is 0.306 e. The van der Waals surface area contributed by atoms with E-state index in [-0.39, 0.29) is 13.0 Å². The van der Waals surface area contributed by atoms with Crippen molar-refractivity contribution < 1.29 is 49.3 Å². The number of carbonyl (C=O) groups excluding carboxylic acids is 2. The third-order valence-electron chi connectivity index (χ3n) is 15.0. The second-order valence-corrected chi connectivity index (χ2v) is 22.1. The summed E-state index contributed by atoms with van der Waals surface area (Å²) in [6.07, 6.45) is 54.5. The van der Waals surface area contributed by atoms with Crippen LogP contribution in [0, 0.1) is 0 Å². The number of aliphatic hydroxyl groups excluding tert-OH is 5. The Bertz CT molecular complexity index is 1420. The first-order valence-electron chi connectivity index (χ1n) is 31.9. The van der Waals surface area contributed by atoms with Crippen molar-refractivity contribution in [2.24, 2.45) is 0 Å². The highest BCUT2D eigenvalue weighted by molar-refractivity contribution is 5.80. The van der Waals surface area contributed by atoms with Gasteiger partial charge in [0.2, 0.25) is 5.91 Å². The average molecular weight is 1070 g/mol. The normalized spacial score (nSPS) is 19.4. The molecule has 1 heterocycles. The number of amides is 1. The summed E-state index contributed by atoms with van der Waals surface area (Å²) in [7, 11) is 0. The predicted octanol–water partition coefficient (Wildman–Crippen LogP) is 15.2. The van der Waals surface area contributed by atoms with Crippen molar-refractivity contribution in [2.75, 3.05) is 13.2 Å². The van der Waals surface area contributed by atoms with Gasteiger partial charge in [-0.05, 0) is 77.0 Å². The Balaban J connectivity index is 2.61. The van der Waals surface area contributed by atoms with E-state index in [0.717, 1.165) is 83.5 Å². The fraction of sp³-hybridized carbons (Fsp3) is 0.846. The van der Waals surface area contributed by atoms with Gasteiger partial charge in [0.25, 0.3) is 0 Å². The molecule has 1 amide bonds. The van der Waals surface area contributed by atoms with Gasteiger partial charge < -0.3 is 45.1 Å². The highest BCUT2D eigenvalue weighted by atomic mass is 16.7. The van der Waals surface area contributed by atoms with Crippen LogP contribution < -0.4 is 5.32 Å². The molecule has 1 rings (SSSR count). The SMILES string of the molecule is CC/C=C/C/C=C/CCCCCCCCCC(=O)OC1C(OCC(NC(=O)C(O)CCCCCCCCCCCCCC/C=C/CCCCCCCC)C(O)/C=C/CCCCCCCCCCC)OC(CO)C(O)C1O. The molecule has 1 aliphatic rings. The molecule has 0 bridgehead atoms. The van der Waals surface area contributed by atoms with Crippen LogP contribution in [0.5, 0.6) is 0 Å². The van der Waals surface area contributed by atoms with Gasteiger partial charge >= 0.3 is 5.97 Å². The van der Waals surface area contributed by atoms with Crippen LogP contribution in [0.25, 0.3) is 0 Å². The zero-order chi connectivity index (χ0) is 55.4. The Morgan fingerprint density at radius 2 is 0.947 bits per heavy atom. The quantitative estimate of drug-likeness (QED) is 0.0195. The molecule has 8 unspecified atom stereocenters. The first kappa shape index (κ1) is 71.6. The molecule has 0 radical (unpaired) electrons. The summed E-state index contributed by atoms with van der Waals surface area (Å²) in [4.78, 5) is 26.5. The van der Waals surface area contributed by atoms with Gasteiger partial charge in [-0.2, -0.15) is 0 Å². The van der Waals surface area contributed by atoms with Crippen molar-refractivity contribution in [3.63, 3.8) is 0 Å². The fourth-order valence-corrected chi connectivity index (χ4v) is 9.92. The predicted molar refractivity (Wildman–Crippen MR) is 315 cm³/mol. The van der Waals surface area contributed by atoms with E-state index in [1.165, 1.54) is 161 Å². The molecule has 444 valence electrons. The van der Waals surface area contributed by atoms with Crippen LogP contribution in [-0.2, 0) is 23.8 Å². The summed E-state index contributed by atoms with van der Waals surface area (Å²) in [6.45, 7) is 5.68. The molecule has 0 aliphatic carbocycles. The zero-order valence-corrected chi connectivity index (χ0v) is 49.1. The topological polar surface area (TPSA) is 175 Å². The van der Waals surface area contributed by atoms with E-state index in [0.29, 0.717) is 19.3 Å². The lowest BCUT2D eigenvalue weighted by atomic mass is 9.99. The second-order valence-electron chi connectivity index (χ2n) is 22.1. The third kappa shape index (κ3) is 40.8. The lowest BCUT2D eigenvalue weighted by Gasteiger charge is -2.41. The highest BCUT2D eigenvalue weighted by Gasteiger charge is 2.47. The van der Waals surface area contributed by atoms with Gasteiger partial charge in [0.05, 0.1) is 25.4 Å². The Kier molecular flexibility index (Phi) is 50.2. The van der Waals surface area contributed by atoms with E-state index in [9.17, 15) is 35.1 Å². The molecule has 11 heteroatoms. The number of carbonyl (C=O) groups is 2. The molecule has 1 saturated heterocycles. The van der Waals surface area contributed by atoms with E-state index in [2.05, 4.69) is 62.5 Å². The van der Waals surface area contributed by atoms with E-state index in [4.69, 9.17) is 14.2 Å². The minimum Gasteiger partial charge on any atom is -0.454 e. The van der Waals surface area contributed by atoms with Crippen molar-refractivity contribution >= 4 is 11.9 Å². The fourth-order valence-electron chi connectivity index (χ4n) is 9.92. The summed E-state index contributed by atoms with van der Waals surface area (Å²) >= 11 is 0. The number of allylic oxidation sites excluding steroid dienone is 7. The number of ether oxygens (including phenoxy) is 3. The number of hydrogen-bond donors (Lipinski definition) is 6. The highest BCUT2D eigenvalue weighted by Crippen LogP contribution is 2.26. The Labute approximate surface area is 466 Å². The van der Waals surface area contributed by atoms with E-state index in [1.54, 1.807) is 6.08 Å². The maximum Gasteiger partial charge on any atom is 0.306 e. The van der Waals surface area contributed by atoms with Crippen LogP contribution in [0.2, 0.25) is 0 Å². The Morgan fingerprint density at radius 3 is 1.42 bits per heavy atom. The van der Waals surface area contributed by atoms with Gasteiger partial charge in [-0.25, -0.2) is 0 Å². The molecule has 0 aromatic rings. The van der Waals surface area contributed by atoms with Crippen molar-refractivity contribution in [1.29, 1.82) is 0 Å². The third-order valence-corrected chi connectivity index (χ3v) is 15.0. The van der Waals surface area contributed by atoms with Crippen molar-refractivity contribution in [3.8, 4) is 0 Å². The number of aliphatic hydroxyl groups is 5. The van der Waals surface area contributed by atoms with Crippen LogP contribution in [0.15, 0.2) is 48.6 Å². The molecule has 0 aromatic carbocycles. The van der Waals surface area contributed by atoms with Crippen molar-refractivity contribution in [2.45, 2.75) is 339 Å². The Hall–Kier alpha value is -2.38. The number of unbranched alkanes of at least 4 members (excludes halogenated alkanes) is 34. The molecule has 1 aliphatic heterocycles. The van der Waals surface area contributed by atoms with Crippen LogP contribution >= 0.6 is 0 Å². The van der Waals surface area contributed by atoms with Gasteiger partial charge in [-0.3, -0.25) is 9.59 Å². The monoisotopic (exact) mass is 1070 g/mol. The number of rotatable bonds is 54. The first-order chi connectivity index (χ1) is 37.2. The summed E-state index contributed by atoms with van der Waals surface area (Å²) in [6, 6.07) is -1.02. The van der Waals surface area contributed by atoms with Gasteiger partial charge in [-0.1, -0.05) is 256 Å². The van der Waals surface area contributed by atoms with Gasteiger partial charge in [-0.15, -0.1) is 0 Å². The van der Waals surface area contributed by atoms with Crippen LogP contribution in [-0.4, -0.2) is 99.6 Å². The molecule has 0 saturated carbocycles. The lowest BCUT2D eigenvalue weighted by molar-refractivity contribution is -0.305. The minimum atomic E-state index is -1.62. The minimum absolute atomic E-state index is 0.115. The van der Waals surface area contributed by atoms with Crippen molar-refractivity contribution in [3.05, 3.63) is 48.6 Å². The maximum atomic E-state index is 13.4. The van der Waals surface area contributed by atoms with Gasteiger partial charge in [0.1, 0.15) is 24.4 Å². The Morgan fingerprint density at radius 1 is 0.526 bits per heavy atom. The summed E-state index contributed by atoms with van der Waals surface area (Å²) < 4.78 is 17.6. The maximum absolute atomic E-state index is 13.4. The molecule has 6 N–H and O–H groups in total. The van der Waals surface area contributed by atoms with E-state index >= 15 is 0 Å². The lowest BCUT2D eigenvalue weighted by Crippen LogP contribution is -2.61. The van der Waals surface area contributed by atoms with Crippen LogP contribution in [0.4, 0.5) is 0 Å². The number of esters is 1. The standard InChI is InChI=1S/C65H119NO10/c1-4-7-10-13-16-19-22-24-26-27-28-29-30-31-32-33-34-37-40-43-46-49-52-58(69)64(73)66-56(57(68)51-48-45-42-39-36-21-18-15-12-9-6-3)55-74-65-63(62(72)61(71)59(54-67)75-65)76-60(70)53-50-47-44-41-38-35-25-23-20-17-14-11-8-5-2/h8,11,17,20,24,26,48,51,56-59,61-63,65,67-69,71-72H,4-7,9-10,12-16,18-19,21-23,25,27-47,49-50,52-55H2,1-3H3,(H,66,73)/b11-8+,20-17+,26-24+,51-48+. The van der Waals surface area contributed by atoms with E-state index < -0.39 is 67.4 Å². The molecule has 11 nitrogen and oxygen atoms in total. The van der Waals surface area contributed by atoms with Gasteiger partial charge in [0, 0.05) is 6.42 Å². The van der Waals surface area contributed by atoms with Crippen molar-refractivity contribution in [1.82, 2.24) is 5.32 Å². The van der Waals surface area contributed by atoms with E-state index in [1.807, 2.05) is 6.08 Å². The molecular formula is C65H119NO10. The van der Waals surface area contributed by atoms with Gasteiger partial charge in [0.15, 0.2) is 12.4 Å². The largest absolute Gasteiger partial charge is 0.454 e.